The molecule has 3 aromatic carbocycles. The summed E-state index contributed by atoms with van der Waals surface area (Å²) in [5.74, 6) is -1.65. The minimum atomic E-state index is -4.42. The number of ether oxygens (including phenoxy) is 2. The lowest BCUT2D eigenvalue weighted by Gasteiger charge is -2.32. The number of nitrogens with one attached hydrogen (secondary N) is 1. The van der Waals surface area contributed by atoms with Gasteiger partial charge in [0.1, 0.15) is 24.2 Å². The number of hydrogen-bond acceptors (Lipinski definition) is 6. The number of halogens is 2. The molecule has 1 N–H and O–H groups in total. The summed E-state index contributed by atoms with van der Waals surface area (Å²) in [4.78, 5) is 28.3. The van der Waals surface area contributed by atoms with Crippen molar-refractivity contribution in [3.63, 3.8) is 0 Å². The van der Waals surface area contributed by atoms with E-state index in [9.17, 15) is 26.8 Å². The number of sulfonamides is 1. The first-order valence-corrected chi connectivity index (χ1v) is 15.3. The van der Waals surface area contributed by atoms with Gasteiger partial charge in [0.25, 0.3) is 10.0 Å². The largest absolute Gasteiger partial charge is 0.493 e. The van der Waals surface area contributed by atoms with E-state index in [2.05, 4.69) is 5.32 Å². The Hall–Kier alpha value is -4.19. The Labute approximate surface area is 250 Å². The molecular formula is C31H35F2N3O6S. The highest BCUT2D eigenvalue weighted by molar-refractivity contribution is 7.92. The molecule has 1 fully saturated rings. The maximum atomic E-state index is 14.0. The first-order valence-electron chi connectivity index (χ1n) is 13.9. The number of amides is 2. The second kappa shape index (κ2) is 13.9. The molecule has 0 bridgehead atoms. The molecule has 1 aliphatic carbocycles. The van der Waals surface area contributed by atoms with Gasteiger partial charge in [0, 0.05) is 18.7 Å². The van der Waals surface area contributed by atoms with E-state index in [-0.39, 0.29) is 34.8 Å². The topological polar surface area (TPSA) is 105 Å². The summed E-state index contributed by atoms with van der Waals surface area (Å²) in [5.41, 5.74) is 0.584. The molecule has 9 nitrogen and oxygen atoms in total. The molecule has 2 amide bonds. The molecule has 230 valence electrons. The third-order valence-corrected chi connectivity index (χ3v) is 9.24. The number of rotatable bonds is 12. The maximum Gasteiger partial charge on any atom is 0.264 e. The quantitative estimate of drug-likeness (QED) is 0.318. The zero-order chi connectivity index (χ0) is 31.1. The number of anilines is 1. The lowest BCUT2D eigenvalue weighted by molar-refractivity contribution is -0.139. The lowest BCUT2D eigenvalue weighted by atomic mass is 10.1. The lowest BCUT2D eigenvalue weighted by Crippen LogP contribution is -2.52. The van der Waals surface area contributed by atoms with E-state index in [0.717, 1.165) is 42.1 Å². The Kier molecular flexibility index (Phi) is 10.2. The summed E-state index contributed by atoms with van der Waals surface area (Å²) in [6.45, 7) is 0.785. The van der Waals surface area contributed by atoms with E-state index in [1.807, 2.05) is 0 Å². The minimum Gasteiger partial charge on any atom is -0.493 e. The Morgan fingerprint density at radius 3 is 2.07 bits per heavy atom. The summed E-state index contributed by atoms with van der Waals surface area (Å²) < 4.78 is 66.8. The van der Waals surface area contributed by atoms with Crippen LogP contribution in [-0.4, -0.2) is 58.0 Å². The molecule has 0 heterocycles. The Balaban J connectivity index is 1.71. The molecule has 0 unspecified atom stereocenters. The fourth-order valence-corrected chi connectivity index (χ4v) is 6.43. The van der Waals surface area contributed by atoms with Crippen LogP contribution >= 0.6 is 0 Å². The molecule has 0 saturated heterocycles. The summed E-state index contributed by atoms with van der Waals surface area (Å²) in [5, 5.41) is 2.99. The number of methoxy groups -OCH3 is 2. The fraction of sp³-hybridized carbons (Fsp3) is 0.355. The van der Waals surface area contributed by atoms with Gasteiger partial charge in [0.05, 0.1) is 24.8 Å². The first kappa shape index (κ1) is 31.7. The van der Waals surface area contributed by atoms with Crippen molar-refractivity contribution in [3.8, 4) is 11.5 Å². The van der Waals surface area contributed by atoms with Crippen molar-refractivity contribution in [1.82, 2.24) is 10.2 Å². The van der Waals surface area contributed by atoms with Crippen LogP contribution in [0.3, 0.4) is 0 Å². The van der Waals surface area contributed by atoms with Gasteiger partial charge in [0.2, 0.25) is 11.8 Å². The van der Waals surface area contributed by atoms with Crippen molar-refractivity contribution in [1.29, 1.82) is 0 Å². The van der Waals surface area contributed by atoms with Crippen molar-refractivity contribution < 1.29 is 36.3 Å². The van der Waals surface area contributed by atoms with E-state index in [1.165, 1.54) is 73.7 Å². The van der Waals surface area contributed by atoms with Crippen molar-refractivity contribution >= 4 is 27.5 Å². The molecule has 4 rings (SSSR count). The number of carbonyl (C=O) groups is 2. The van der Waals surface area contributed by atoms with Crippen LogP contribution in [0.5, 0.6) is 11.5 Å². The van der Waals surface area contributed by atoms with Gasteiger partial charge in [-0.05, 0) is 73.9 Å². The summed E-state index contributed by atoms with van der Waals surface area (Å²) >= 11 is 0. The van der Waals surface area contributed by atoms with Crippen molar-refractivity contribution in [2.45, 2.75) is 56.1 Å². The van der Waals surface area contributed by atoms with Crippen molar-refractivity contribution in [3.05, 3.63) is 83.9 Å². The van der Waals surface area contributed by atoms with E-state index < -0.39 is 40.2 Å². The van der Waals surface area contributed by atoms with Crippen molar-refractivity contribution in [2.24, 2.45) is 0 Å². The van der Waals surface area contributed by atoms with Crippen LogP contribution in [0.4, 0.5) is 14.5 Å². The highest BCUT2D eigenvalue weighted by Crippen LogP contribution is 2.32. The van der Waals surface area contributed by atoms with Crippen LogP contribution in [0.2, 0.25) is 0 Å². The number of nitrogens with zero attached hydrogens (tertiary/aromatic N) is 2. The monoisotopic (exact) mass is 615 g/mol. The summed E-state index contributed by atoms with van der Waals surface area (Å²) in [7, 11) is -1.64. The molecule has 1 saturated carbocycles. The van der Waals surface area contributed by atoms with Crippen LogP contribution in [0.1, 0.15) is 38.2 Å². The molecule has 12 heteroatoms. The molecule has 1 aliphatic rings. The maximum absolute atomic E-state index is 14.0. The third-order valence-electron chi connectivity index (χ3n) is 7.47. The molecule has 3 aromatic rings. The predicted molar refractivity (Wildman–Crippen MR) is 157 cm³/mol. The van der Waals surface area contributed by atoms with Crippen LogP contribution in [0.25, 0.3) is 0 Å². The van der Waals surface area contributed by atoms with Crippen LogP contribution < -0.4 is 19.1 Å². The number of benzene rings is 3. The standard InChI is InChI=1S/C31H35F2N3O6S/c1-21(31(38)34-25-6-4-5-7-25)35(19-22-8-10-23(32)11-9-22)30(37)20-36(26-14-12-24(33)13-15-26)43(39,40)27-16-17-28(41-2)29(18-27)42-3/h8-18,21,25H,4-7,19-20H2,1-3H3,(H,34,38)/t21-/m0/s1. The second-order valence-corrected chi connectivity index (χ2v) is 12.2. The summed E-state index contributed by atoms with van der Waals surface area (Å²) in [6, 6.07) is 13.2. The third kappa shape index (κ3) is 7.61. The summed E-state index contributed by atoms with van der Waals surface area (Å²) in [6.07, 6.45) is 3.68. The fourth-order valence-electron chi connectivity index (χ4n) is 5.00. The van der Waals surface area contributed by atoms with E-state index in [1.54, 1.807) is 6.92 Å². The highest BCUT2D eigenvalue weighted by atomic mass is 32.2. The van der Waals surface area contributed by atoms with Crippen LogP contribution in [0.15, 0.2) is 71.6 Å². The first-order chi connectivity index (χ1) is 20.5. The van der Waals surface area contributed by atoms with Crippen LogP contribution in [0, 0.1) is 11.6 Å². The molecule has 0 radical (unpaired) electrons. The van der Waals surface area contributed by atoms with Gasteiger partial charge in [-0.2, -0.15) is 0 Å². The molecule has 43 heavy (non-hydrogen) atoms. The second-order valence-electron chi connectivity index (χ2n) is 10.3. The number of hydrogen-bond donors (Lipinski definition) is 1. The Morgan fingerprint density at radius 2 is 1.49 bits per heavy atom. The van der Waals surface area contributed by atoms with Gasteiger partial charge >= 0.3 is 0 Å². The van der Waals surface area contributed by atoms with Gasteiger partial charge in [0.15, 0.2) is 11.5 Å². The van der Waals surface area contributed by atoms with Gasteiger partial charge in [-0.3, -0.25) is 13.9 Å². The van der Waals surface area contributed by atoms with Crippen molar-refractivity contribution in [2.75, 3.05) is 25.1 Å². The molecule has 1 atom stereocenters. The van der Waals surface area contributed by atoms with Gasteiger partial charge < -0.3 is 19.7 Å². The van der Waals surface area contributed by atoms with Gasteiger partial charge in [-0.15, -0.1) is 0 Å². The molecular weight excluding hydrogens is 580 g/mol. The SMILES string of the molecule is COc1ccc(S(=O)(=O)N(CC(=O)N(Cc2ccc(F)cc2)[C@@H](C)C(=O)NC2CCCC2)c2ccc(F)cc2)cc1OC. The molecule has 0 aliphatic heterocycles. The Bertz CT molecular complexity index is 1530. The normalized spacial score (nSPS) is 14.2. The van der Waals surface area contributed by atoms with E-state index in [4.69, 9.17) is 9.47 Å². The Morgan fingerprint density at radius 1 is 0.907 bits per heavy atom. The number of carbonyl (C=O) groups excluding carboxylic acids is 2. The van der Waals surface area contributed by atoms with Gasteiger partial charge in [-0.1, -0.05) is 25.0 Å². The zero-order valence-corrected chi connectivity index (χ0v) is 25.1. The average Bonchev–Trinajstić information content (AvgIpc) is 3.52. The smallest absolute Gasteiger partial charge is 0.264 e. The predicted octanol–water partition coefficient (Wildman–Crippen LogP) is 4.65. The van der Waals surface area contributed by atoms with E-state index >= 15 is 0 Å². The van der Waals surface area contributed by atoms with E-state index in [0.29, 0.717) is 11.3 Å². The average molecular weight is 616 g/mol. The zero-order valence-electron chi connectivity index (χ0n) is 24.3. The van der Waals surface area contributed by atoms with Gasteiger partial charge in [-0.25, -0.2) is 17.2 Å². The van der Waals surface area contributed by atoms with Crippen LogP contribution in [-0.2, 0) is 26.2 Å². The molecule has 0 aromatic heterocycles. The molecule has 0 spiro atoms. The minimum absolute atomic E-state index is 0.00105. The highest BCUT2D eigenvalue weighted by Gasteiger charge is 2.34.